The van der Waals surface area contributed by atoms with Crippen LogP contribution < -0.4 is 5.32 Å². The molecule has 0 unspecified atom stereocenters. The van der Waals surface area contributed by atoms with E-state index in [4.69, 9.17) is 0 Å². The number of rotatable bonds is 5. The van der Waals surface area contributed by atoms with Gasteiger partial charge in [-0.05, 0) is 36.8 Å². The van der Waals surface area contributed by atoms with Crippen molar-refractivity contribution in [3.8, 4) is 0 Å². The fourth-order valence-corrected chi connectivity index (χ4v) is 2.73. The molecule has 1 saturated carbocycles. The molecule has 1 heterocycles. The minimum absolute atomic E-state index is 0.0323. The Labute approximate surface area is 126 Å². The number of para-hydroxylation sites is 1. The Bertz CT molecular complexity index is 659. The van der Waals surface area contributed by atoms with Gasteiger partial charge < -0.3 is 15.4 Å². The molecule has 1 aliphatic carbocycles. The molecular formula is C16H18F2N2O2. The first-order valence-corrected chi connectivity index (χ1v) is 7.37. The molecule has 0 radical (unpaired) electrons. The van der Waals surface area contributed by atoms with Crippen molar-refractivity contribution < 1.29 is 18.7 Å². The Morgan fingerprint density at radius 3 is 2.73 bits per heavy atom. The number of hydrogen-bond donors (Lipinski definition) is 3. The molecule has 1 amide bonds. The summed E-state index contributed by atoms with van der Waals surface area (Å²) in [7, 11) is 0. The van der Waals surface area contributed by atoms with Gasteiger partial charge in [-0.1, -0.05) is 18.2 Å². The van der Waals surface area contributed by atoms with Crippen LogP contribution in [0.2, 0.25) is 0 Å². The summed E-state index contributed by atoms with van der Waals surface area (Å²) in [5.41, 5.74) is -0.330. The first-order chi connectivity index (χ1) is 10.4. The van der Waals surface area contributed by atoms with Crippen LogP contribution in [0.5, 0.6) is 0 Å². The molecule has 1 aliphatic rings. The summed E-state index contributed by atoms with van der Waals surface area (Å²) in [6, 6.07) is 9.64. The summed E-state index contributed by atoms with van der Waals surface area (Å²) in [6.07, 6.45) is 0.883. The summed E-state index contributed by atoms with van der Waals surface area (Å²) >= 11 is 0. The zero-order valence-corrected chi connectivity index (χ0v) is 12.0. The van der Waals surface area contributed by atoms with E-state index in [0.29, 0.717) is 12.8 Å². The fraction of sp³-hybridized carbons (Fsp3) is 0.438. The van der Waals surface area contributed by atoms with Gasteiger partial charge in [0, 0.05) is 24.2 Å². The van der Waals surface area contributed by atoms with Crippen LogP contribution in [-0.2, 0) is 11.2 Å². The van der Waals surface area contributed by atoms with E-state index in [1.54, 1.807) is 0 Å². The number of halogens is 2. The largest absolute Gasteiger partial charge is 0.383 e. The van der Waals surface area contributed by atoms with Gasteiger partial charge in [0.1, 0.15) is 5.60 Å². The molecule has 1 aromatic heterocycles. The molecule has 3 N–H and O–H groups in total. The number of benzene rings is 1. The molecule has 1 fully saturated rings. The van der Waals surface area contributed by atoms with Gasteiger partial charge in [-0.2, -0.15) is 8.78 Å². The summed E-state index contributed by atoms with van der Waals surface area (Å²) in [6.45, 7) is 0.0946. The van der Waals surface area contributed by atoms with Gasteiger partial charge >= 0.3 is 5.92 Å². The number of aromatic amines is 1. The highest BCUT2D eigenvalue weighted by atomic mass is 19.3. The van der Waals surface area contributed by atoms with Gasteiger partial charge in [-0.15, -0.1) is 0 Å². The van der Waals surface area contributed by atoms with Gasteiger partial charge in [0.05, 0.1) is 0 Å². The molecule has 0 aliphatic heterocycles. The van der Waals surface area contributed by atoms with Crippen molar-refractivity contribution in [2.24, 2.45) is 0 Å². The molecule has 0 spiro atoms. The van der Waals surface area contributed by atoms with Gasteiger partial charge in [-0.25, -0.2) is 0 Å². The van der Waals surface area contributed by atoms with E-state index in [1.807, 2.05) is 30.3 Å². The quantitative estimate of drug-likeness (QED) is 0.794. The van der Waals surface area contributed by atoms with E-state index in [-0.39, 0.29) is 19.4 Å². The predicted octanol–water partition coefficient (Wildman–Crippen LogP) is 2.38. The smallest absolute Gasteiger partial charge is 0.352 e. The first kappa shape index (κ1) is 15.0. The lowest BCUT2D eigenvalue weighted by Gasteiger charge is -2.41. The zero-order valence-electron chi connectivity index (χ0n) is 12.0. The van der Waals surface area contributed by atoms with Crippen molar-refractivity contribution in [3.63, 3.8) is 0 Å². The maximum Gasteiger partial charge on any atom is 0.352 e. The van der Waals surface area contributed by atoms with Crippen molar-refractivity contribution in [1.82, 2.24) is 10.3 Å². The van der Waals surface area contributed by atoms with E-state index in [1.165, 1.54) is 0 Å². The molecule has 4 nitrogen and oxygen atoms in total. The van der Waals surface area contributed by atoms with Gasteiger partial charge in [0.25, 0.3) is 5.91 Å². The average Bonchev–Trinajstić information content (AvgIpc) is 2.87. The highest BCUT2D eigenvalue weighted by Crippen LogP contribution is 2.44. The number of aromatic nitrogens is 1. The Morgan fingerprint density at radius 2 is 2.09 bits per heavy atom. The monoisotopic (exact) mass is 308 g/mol. The van der Waals surface area contributed by atoms with E-state index in [2.05, 4.69) is 10.3 Å². The third-order valence-electron chi connectivity index (χ3n) is 4.32. The average molecular weight is 308 g/mol. The number of H-pyrrole nitrogens is 1. The molecule has 0 saturated heterocycles. The molecule has 1 aromatic carbocycles. The number of carbonyl (C=O) groups is 1. The second kappa shape index (κ2) is 5.35. The number of hydrogen-bond acceptors (Lipinski definition) is 2. The van der Waals surface area contributed by atoms with Crippen molar-refractivity contribution in [3.05, 3.63) is 36.0 Å². The Kier molecular flexibility index (Phi) is 3.64. The Morgan fingerprint density at radius 1 is 1.36 bits per heavy atom. The van der Waals surface area contributed by atoms with Gasteiger partial charge in [0.15, 0.2) is 0 Å². The first-order valence-electron chi connectivity index (χ1n) is 7.37. The lowest BCUT2D eigenvalue weighted by atomic mass is 9.75. The van der Waals surface area contributed by atoms with Crippen molar-refractivity contribution >= 4 is 16.8 Å². The van der Waals surface area contributed by atoms with Gasteiger partial charge in [0.2, 0.25) is 0 Å². The van der Waals surface area contributed by atoms with Crippen LogP contribution >= 0.6 is 0 Å². The lowest BCUT2D eigenvalue weighted by Crippen LogP contribution is -2.60. The zero-order chi connectivity index (χ0) is 15.8. The number of nitrogens with one attached hydrogen (secondary N) is 2. The predicted molar refractivity (Wildman–Crippen MR) is 78.8 cm³/mol. The number of aliphatic hydroxyl groups is 1. The van der Waals surface area contributed by atoms with Crippen molar-refractivity contribution in [1.29, 1.82) is 0 Å². The SMILES string of the molecule is O=C(NCCc1cc2ccccc2[nH]1)C(F)(F)C1(O)CCC1. The maximum atomic E-state index is 13.9. The van der Waals surface area contributed by atoms with Crippen LogP contribution in [0.25, 0.3) is 10.9 Å². The van der Waals surface area contributed by atoms with Crippen molar-refractivity contribution in [2.45, 2.75) is 37.2 Å². The molecule has 3 rings (SSSR count). The van der Waals surface area contributed by atoms with Crippen LogP contribution in [0.1, 0.15) is 25.0 Å². The molecular weight excluding hydrogens is 290 g/mol. The van der Waals surface area contributed by atoms with Crippen LogP contribution in [0.4, 0.5) is 8.78 Å². The standard InChI is InChI=1S/C16H18F2N2O2/c17-16(18,15(22)7-3-8-15)14(21)19-9-6-12-10-11-4-1-2-5-13(11)20-12/h1-2,4-5,10,20,22H,3,6-9H2,(H,19,21). The number of alkyl halides is 2. The molecule has 118 valence electrons. The van der Waals surface area contributed by atoms with E-state index < -0.39 is 17.4 Å². The minimum Gasteiger partial charge on any atom is -0.383 e. The Hall–Kier alpha value is -1.95. The van der Waals surface area contributed by atoms with E-state index in [9.17, 15) is 18.7 Å². The fourth-order valence-electron chi connectivity index (χ4n) is 2.73. The van der Waals surface area contributed by atoms with E-state index >= 15 is 0 Å². The molecule has 0 atom stereocenters. The third-order valence-corrected chi connectivity index (χ3v) is 4.32. The van der Waals surface area contributed by atoms with Crippen LogP contribution in [-0.4, -0.2) is 34.1 Å². The second-order valence-electron chi connectivity index (χ2n) is 5.85. The van der Waals surface area contributed by atoms with Gasteiger partial charge in [-0.3, -0.25) is 4.79 Å². The van der Waals surface area contributed by atoms with Crippen molar-refractivity contribution in [2.75, 3.05) is 6.54 Å². The maximum absolute atomic E-state index is 13.9. The van der Waals surface area contributed by atoms with Crippen LogP contribution in [0.15, 0.2) is 30.3 Å². The topological polar surface area (TPSA) is 65.1 Å². The summed E-state index contributed by atoms with van der Waals surface area (Å²) in [5, 5.41) is 13.0. The molecule has 6 heteroatoms. The highest BCUT2D eigenvalue weighted by Gasteiger charge is 2.60. The minimum atomic E-state index is -3.73. The van der Waals surface area contributed by atoms with Crippen LogP contribution in [0, 0.1) is 0 Å². The summed E-state index contributed by atoms with van der Waals surface area (Å²) < 4.78 is 27.7. The molecule has 2 aromatic rings. The third kappa shape index (κ3) is 2.47. The summed E-state index contributed by atoms with van der Waals surface area (Å²) in [4.78, 5) is 14.8. The summed E-state index contributed by atoms with van der Waals surface area (Å²) in [5.74, 6) is -5.13. The number of fused-ring (bicyclic) bond motifs is 1. The second-order valence-corrected chi connectivity index (χ2v) is 5.85. The number of amides is 1. The lowest BCUT2D eigenvalue weighted by molar-refractivity contribution is -0.215. The molecule has 0 bridgehead atoms. The number of carbonyl (C=O) groups excluding carboxylic acids is 1. The normalized spacial score (nSPS) is 17.2. The van der Waals surface area contributed by atoms with E-state index in [0.717, 1.165) is 16.6 Å². The highest BCUT2D eigenvalue weighted by molar-refractivity contribution is 5.85. The van der Waals surface area contributed by atoms with Crippen LogP contribution in [0.3, 0.4) is 0 Å². The molecule has 22 heavy (non-hydrogen) atoms. The Balaban J connectivity index is 1.57.